The highest BCUT2D eigenvalue weighted by Gasteiger charge is 2.24. The van der Waals surface area contributed by atoms with Crippen molar-refractivity contribution in [3.63, 3.8) is 0 Å². The van der Waals surface area contributed by atoms with E-state index in [1.165, 1.54) is 12.8 Å². The molecule has 1 aliphatic carbocycles. The Balaban J connectivity index is 1.83. The van der Waals surface area contributed by atoms with Crippen molar-refractivity contribution in [2.45, 2.75) is 57.0 Å². The molecule has 2 amide bonds. The van der Waals surface area contributed by atoms with Crippen LogP contribution in [0.25, 0.3) is 0 Å². The van der Waals surface area contributed by atoms with Crippen molar-refractivity contribution in [3.05, 3.63) is 35.9 Å². The van der Waals surface area contributed by atoms with Gasteiger partial charge < -0.3 is 15.4 Å². The molecule has 1 atom stereocenters. The second kappa shape index (κ2) is 12.4. The first-order valence-corrected chi connectivity index (χ1v) is 11.3. The summed E-state index contributed by atoms with van der Waals surface area (Å²) in [5.74, 6) is -0.484. The van der Waals surface area contributed by atoms with Gasteiger partial charge in [0.2, 0.25) is 0 Å². The molecule has 0 heterocycles. The Labute approximate surface area is 171 Å². The smallest absolute Gasteiger partial charge is 0.329 e. The monoisotopic (exact) mass is 406 g/mol. The fourth-order valence-corrected chi connectivity index (χ4v) is 3.72. The molecule has 1 aliphatic rings. The molecular weight excluding hydrogens is 376 g/mol. The number of thioether (sulfide) groups is 1. The molecule has 1 aromatic rings. The van der Waals surface area contributed by atoms with Crippen molar-refractivity contribution in [2.75, 3.05) is 18.6 Å². The summed E-state index contributed by atoms with van der Waals surface area (Å²) in [6, 6.07) is 8.12. The minimum absolute atomic E-state index is 0.166. The van der Waals surface area contributed by atoms with Crippen LogP contribution in [0.3, 0.4) is 0 Å². The Morgan fingerprint density at radius 2 is 1.79 bits per heavy atom. The number of amides is 2. The van der Waals surface area contributed by atoms with Gasteiger partial charge in [-0.3, -0.25) is 9.59 Å². The molecule has 6 nitrogen and oxygen atoms in total. The number of ether oxygens (including phenoxy) is 1. The quantitative estimate of drug-likeness (QED) is 0.487. The van der Waals surface area contributed by atoms with Crippen molar-refractivity contribution < 1.29 is 19.1 Å². The maximum atomic E-state index is 12.4. The van der Waals surface area contributed by atoms with E-state index >= 15 is 0 Å². The Morgan fingerprint density at radius 1 is 1.11 bits per heavy atom. The molecule has 1 aromatic carbocycles. The first-order chi connectivity index (χ1) is 13.6. The molecule has 0 saturated heterocycles. The Bertz CT molecular complexity index is 631. The summed E-state index contributed by atoms with van der Waals surface area (Å²) in [4.78, 5) is 36.9. The maximum Gasteiger partial charge on any atom is 0.329 e. The molecule has 2 N–H and O–H groups in total. The second-order valence-corrected chi connectivity index (χ2v) is 8.02. The van der Waals surface area contributed by atoms with Crippen molar-refractivity contribution in [1.29, 1.82) is 0 Å². The topological polar surface area (TPSA) is 84.5 Å². The molecule has 1 saturated carbocycles. The molecule has 0 unspecified atom stereocenters. The van der Waals surface area contributed by atoms with E-state index in [1.807, 2.05) is 12.3 Å². The molecule has 28 heavy (non-hydrogen) atoms. The molecule has 1 fully saturated rings. The van der Waals surface area contributed by atoms with E-state index < -0.39 is 12.0 Å². The van der Waals surface area contributed by atoms with Crippen molar-refractivity contribution >= 4 is 29.5 Å². The summed E-state index contributed by atoms with van der Waals surface area (Å²) >= 11 is 1.58. The number of esters is 1. The van der Waals surface area contributed by atoms with Crippen molar-refractivity contribution in [1.82, 2.24) is 10.6 Å². The third-order valence-corrected chi connectivity index (χ3v) is 5.45. The number of carbonyl (C=O) groups excluding carboxylic acids is 3. The molecule has 2 rings (SSSR count). The zero-order valence-electron chi connectivity index (χ0n) is 16.4. The summed E-state index contributed by atoms with van der Waals surface area (Å²) < 4.78 is 5.20. The summed E-state index contributed by atoms with van der Waals surface area (Å²) in [5.41, 5.74) is 0.482. The van der Waals surface area contributed by atoms with Crippen LogP contribution in [0.1, 0.15) is 55.3 Å². The summed E-state index contributed by atoms with van der Waals surface area (Å²) in [7, 11) is 0. The predicted octanol–water partition coefficient (Wildman–Crippen LogP) is 2.92. The third-order valence-electron chi connectivity index (χ3n) is 4.80. The normalized spacial score (nSPS) is 15.9. The van der Waals surface area contributed by atoms with Gasteiger partial charge in [-0.15, -0.1) is 0 Å². The maximum absolute atomic E-state index is 12.4. The number of benzene rings is 1. The van der Waals surface area contributed by atoms with Crippen LogP contribution in [0.4, 0.5) is 0 Å². The van der Waals surface area contributed by atoms with E-state index in [0.29, 0.717) is 17.7 Å². The number of nitrogens with one attached hydrogen (secondary N) is 2. The van der Waals surface area contributed by atoms with Gasteiger partial charge in [-0.2, -0.15) is 11.8 Å². The van der Waals surface area contributed by atoms with Gasteiger partial charge >= 0.3 is 5.97 Å². The van der Waals surface area contributed by atoms with Crippen LogP contribution in [0.2, 0.25) is 0 Å². The highest BCUT2D eigenvalue weighted by molar-refractivity contribution is 7.98. The van der Waals surface area contributed by atoms with Crippen LogP contribution in [0, 0.1) is 0 Å². The lowest BCUT2D eigenvalue weighted by Crippen LogP contribution is -2.44. The van der Waals surface area contributed by atoms with Gasteiger partial charge in [-0.1, -0.05) is 43.9 Å². The molecule has 0 spiro atoms. The molecule has 154 valence electrons. The molecular formula is C21H30N2O4S. The average Bonchev–Trinajstić information content (AvgIpc) is 2.98. The minimum atomic E-state index is -0.772. The van der Waals surface area contributed by atoms with E-state index in [2.05, 4.69) is 10.6 Å². The van der Waals surface area contributed by atoms with Crippen molar-refractivity contribution in [2.24, 2.45) is 0 Å². The van der Waals surface area contributed by atoms with Gasteiger partial charge in [0.25, 0.3) is 11.8 Å². The van der Waals surface area contributed by atoms with Gasteiger partial charge in [-0.05, 0) is 43.4 Å². The van der Waals surface area contributed by atoms with E-state index in [0.717, 1.165) is 25.7 Å². The van der Waals surface area contributed by atoms with Crippen LogP contribution in [-0.4, -0.2) is 48.5 Å². The lowest BCUT2D eigenvalue weighted by atomic mass is 10.1. The summed E-state index contributed by atoms with van der Waals surface area (Å²) in [5, 5.41) is 5.68. The molecule has 0 aliphatic heterocycles. The summed E-state index contributed by atoms with van der Waals surface area (Å²) in [6.07, 6.45) is 8.98. The first kappa shape index (κ1) is 22.3. The Hall–Kier alpha value is -2.02. The van der Waals surface area contributed by atoms with Crippen LogP contribution in [-0.2, 0) is 14.3 Å². The lowest BCUT2D eigenvalue weighted by Gasteiger charge is -2.19. The molecule has 0 bridgehead atoms. The van der Waals surface area contributed by atoms with E-state index in [1.54, 1.807) is 36.0 Å². The van der Waals surface area contributed by atoms with Gasteiger partial charge in [-0.25, -0.2) is 4.79 Å². The summed E-state index contributed by atoms with van der Waals surface area (Å²) in [6.45, 7) is -0.313. The molecule has 0 radical (unpaired) electrons. The standard InChI is InChI=1S/C21H30N2O4S/c1-28-14-13-18(23-20(25)16-9-5-4-6-10-16)21(26)27-15-19(24)22-17-11-7-2-3-8-12-17/h4-6,9-10,17-18H,2-3,7-8,11-15H2,1H3,(H,22,24)(H,23,25)/t18-/m0/s1. The first-order valence-electron chi connectivity index (χ1n) is 9.91. The van der Waals surface area contributed by atoms with Gasteiger partial charge in [0.1, 0.15) is 6.04 Å². The molecule has 0 aromatic heterocycles. The number of rotatable bonds is 9. The fraction of sp³-hybridized carbons (Fsp3) is 0.571. The van der Waals surface area contributed by atoms with Crippen LogP contribution in [0.15, 0.2) is 30.3 Å². The third kappa shape index (κ3) is 7.92. The fourth-order valence-electron chi connectivity index (χ4n) is 3.25. The van der Waals surface area contributed by atoms with Gasteiger partial charge in [0.15, 0.2) is 6.61 Å². The van der Waals surface area contributed by atoms with Crippen LogP contribution >= 0.6 is 11.8 Å². The van der Waals surface area contributed by atoms with E-state index in [-0.39, 0.29) is 24.5 Å². The van der Waals surface area contributed by atoms with E-state index in [9.17, 15) is 14.4 Å². The van der Waals surface area contributed by atoms with Gasteiger partial charge in [0, 0.05) is 11.6 Å². The largest absolute Gasteiger partial charge is 0.454 e. The minimum Gasteiger partial charge on any atom is -0.454 e. The Kier molecular flexibility index (Phi) is 9.90. The predicted molar refractivity (Wildman–Crippen MR) is 111 cm³/mol. The highest BCUT2D eigenvalue weighted by Crippen LogP contribution is 2.17. The van der Waals surface area contributed by atoms with Crippen LogP contribution in [0.5, 0.6) is 0 Å². The van der Waals surface area contributed by atoms with Gasteiger partial charge in [0.05, 0.1) is 0 Å². The lowest BCUT2D eigenvalue weighted by molar-refractivity contribution is -0.150. The number of hydrogen-bond acceptors (Lipinski definition) is 5. The zero-order valence-corrected chi connectivity index (χ0v) is 17.3. The zero-order chi connectivity index (χ0) is 20.2. The molecule has 7 heteroatoms. The Morgan fingerprint density at radius 3 is 2.43 bits per heavy atom. The van der Waals surface area contributed by atoms with Crippen molar-refractivity contribution in [3.8, 4) is 0 Å². The van der Waals surface area contributed by atoms with Crippen LogP contribution < -0.4 is 10.6 Å². The highest BCUT2D eigenvalue weighted by atomic mass is 32.2. The van der Waals surface area contributed by atoms with E-state index in [4.69, 9.17) is 4.74 Å². The number of carbonyl (C=O) groups is 3. The number of hydrogen-bond donors (Lipinski definition) is 2. The average molecular weight is 407 g/mol. The SMILES string of the molecule is CSCC[C@H](NC(=O)c1ccccc1)C(=O)OCC(=O)NC1CCCCCC1. The second-order valence-electron chi connectivity index (χ2n) is 7.04.